The van der Waals surface area contributed by atoms with Crippen LogP contribution in [0.5, 0.6) is 0 Å². The van der Waals surface area contributed by atoms with E-state index in [0.717, 1.165) is 30.1 Å². The van der Waals surface area contributed by atoms with Crippen molar-refractivity contribution in [3.63, 3.8) is 0 Å². The van der Waals surface area contributed by atoms with Crippen molar-refractivity contribution in [1.29, 1.82) is 0 Å². The minimum atomic E-state index is -3.19. The summed E-state index contributed by atoms with van der Waals surface area (Å²) in [5, 5.41) is 4.00. The first-order valence-corrected chi connectivity index (χ1v) is 10.2. The van der Waals surface area contributed by atoms with Gasteiger partial charge in [0.2, 0.25) is 0 Å². The van der Waals surface area contributed by atoms with Crippen LogP contribution in [0.1, 0.15) is 38.3 Å². The van der Waals surface area contributed by atoms with Crippen LogP contribution in [0, 0.1) is 5.92 Å². The standard InChI is InChI=1S/C18H26N2O3S/c1-14-9-11-20(17(13-14)16-7-5-4-6-8-16)18(21)19-15(2)10-12-24(3,22)23/h4-8,10,12,14-15,17H,9,11,13H2,1-3H3,(H,19,21)/b12-10+/t14-,15-,17+/m0/s1. The quantitative estimate of drug-likeness (QED) is 0.907. The fourth-order valence-corrected chi connectivity index (χ4v) is 3.48. The van der Waals surface area contributed by atoms with Gasteiger partial charge >= 0.3 is 6.03 Å². The van der Waals surface area contributed by atoms with Crippen LogP contribution in [0.2, 0.25) is 0 Å². The lowest BCUT2D eigenvalue weighted by atomic mass is 9.88. The molecule has 0 spiro atoms. The van der Waals surface area contributed by atoms with Crippen molar-refractivity contribution in [3.05, 3.63) is 47.4 Å². The van der Waals surface area contributed by atoms with Crippen LogP contribution in [0.4, 0.5) is 4.79 Å². The minimum absolute atomic E-state index is 0.0565. The van der Waals surface area contributed by atoms with Gasteiger partial charge in [-0.05, 0) is 31.2 Å². The normalized spacial score (nSPS) is 23.2. The third-order valence-corrected chi connectivity index (χ3v) is 4.93. The van der Waals surface area contributed by atoms with Crippen molar-refractivity contribution in [2.75, 3.05) is 12.8 Å². The summed E-state index contributed by atoms with van der Waals surface area (Å²) in [6.07, 6.45) is 4.54. The van der Waals surface area contributed by atoms with Crippen molar-refractivity contribution >= 4 is 15.9 Å². The molecule has 1 aromatic rings. The van der Waals surface area contributed by atoms with Crippen molar-refractivity contribution in [3.8, 4) is 0 Å². The number of nitrogens with zero attached hydrogens (tertiary/aromatic N) is 1. The summed E-state index contributed by atoms with van der Waals surface area (Å²) in [5.41, 5.74) is 1.14. The van der Waals surface area contributed by atoms with Crippen LogP contribution in [-0.4, -0.2) is 38.2 Å². The molecule has 0 radical (unpaired) electrons. The lowest BCUT2D eigenvalue weighted by molar-refractivity contribution is 0.131. The van der Waals surface area contributed by atoms with E-state index < -0.39 is 9.84 Å². The van der Waals surface area contributed by atoms with Gasteiger partial charge in [-0.25, -0.2) is 13.2 Å². The fourth-order valence-electron chi connectivity index (χ4n) is 2.96. The predicted molar refractivity (Wildman–Crippen MR) is 96.3 cm³/mol. The SMILES string of the molecule is C[C@H]1CCN(C(=O)N[C@@H](C)/C=C/S(C)(=O)=O)[C@@H](c2ccccc2)C1. The van der Waals surface area contributed by atoms with Gasteiger partial charge in [-0.2, -0.15) is 0 Å². The van der Waals surface area contributed by atoms with E-state index in [4.69, 9.17) is 0 Å². The molecule has 1 aliphatic heterocycles. The van der Waals surface area contributed by atoms with E-state index in [1.807, 2.05) is 23.1 Å². The maximum Gasteiger partial charge on any atom is 0.318 e. The predicted octanol–water partition coefficient (Wildman–Crippen LogP) is 3.12. The molecule has 1 aromatic carbocycles. The molecule has 2 amide bonds. The maximum absolute atomic E-state index is 12.7. The van der Waals surface area contributed by atoms with Crippen LogP contribution in [0.3, 0.4) is 0 Å². The monoisotopic (exact) mass is 350 g/mol. The molecule has 1 heterocycles. The molecule has 1 aliphatic rings. The van der Waals surface area contributed by atoms with E-state index in [-0.39, 0.29) is 18.1 Å². The number of nitrogens with one attached hydrogen (secondary N) is 1. The first kappa shape index (κ1) is 18.5. The Hall–Kier alpha value is -1.82. The van der Waals surface area contributed by atoms with E-state index in [2.05, 4.69) is 24.4 Å². The number of carbonyl (C=O) groups excluding carboxylic acids is 1. The van der Waals surface area contributed by atoms with Crippen molar-refractivity contribution < 1.29 is 13.2 Å². The Morgan fingerprint density at radius 3 is 2.62 bits per heavy atom. The molecule has 1 N–H and O–H groups in total. The highest BCUT2D eigenvalue weighted by atomic mass is 32.2. The molecule has 0 aliphatic carbocycles. The number of rotatable bonds is 4. The number of hydrogen-bond acceptors (Lipinski definition) is 3. The van der Waals surface area contributed by atoms with Crippen LogP contribution in [0.25, 0.3) is 0 Å². The van der Waals surface area contributed by atoms with Crippen LogP contribution in [-0.2, 0) is 9.84 Å². The van der Waals surface area contributed by atoms with Gasteiger partial charge in [0, 0.05) is 24.3 Å². The van der Waals surface area contributed by atoms with Gasteiger partial charge in [-0.1, -0.05) is 43.3 Å². The molecular formula is C18H26N2O3S. The maximum atomic E-state index is 12.7. The van der Waals surface area contributed by atoms with Gasteiger partial charge < -0.3 is 10.2 Å². The van der Waals surface area contributed by atoms with Gasteiger partial charge in [0.1, 0.15) is 0 Å². The largest absolute Gasteiger partial charge is 0.332 e. The number of benzene rings is 1. The number of likely N-dealkylation sites (tertiary alicyclic amines) is 1. The average molecular weight is 350 g/mol. The number of hydrogen-bond donors (Lipinski definition) is 1. The number of sulfone groups is 1. The second-order valence-corrected chi connectivity index (χ2v) is 8.58. The summed E-state index contributed by atoms with van der Waals surface area (Å²) in [5.74, 6) is 0.571. The lowest BCUT2D eigenvalue weighted by Crippen LogP contribution is -2.48. The van der Waals surface area contributed by atoms with E-state index in [1.54, 1.807) is 6.92 Å². The molecule has 2 rings (SSSR count). The number of amides is 2. The lowest BCUT2D eigenvalue weighted by Gasteiger charge is -2.39. The Bertz CT molecular complexity index is 685. The van der Waals surface area contributed by atoms with E-state index in [1.165, 1.54) is 6.08 Å². The fraction of sp³-hybridized carbons (Fsp3) is 0.500. The molecule has 0 aromatic heterocycles. The molecular weight excluding hydrogens is 324 g/mol. The van der Waals surface area contributed by atoms with E-state index >= 15 is 0 Å². The summed E-state index contributed by atoms with van der Waals surface area (Å²) >= 11 is 0. The smallest absolute Gasteiger partial charge is 0.318 e. The molecule has 0 bridgehead atoms. The second-order valence-electron chi connectivity index (χ2n) is 6.65. The molecule has 0 unspecified atom stereocenters. The Labute approximate surface area is 144 Å². The summed E-state index contributed by atoms with van der Waals surface area (Å²) in [6, 6.07) is 9.61. The van der Waals surface area contributed by atoms with Gasteiger partial charge in [-0.15, -0.1) is 0 Å². The van der Waals surface area contributed by atoms with Crippen molar-refractivity contribution in [1.82, 2.24) is 10.2 Å². The average Bonchev–Trinajstić information content (AvgIpc) is 2.53. The van der Waals surface area contributed by atoms with Crippen LogP contribution < -0.4 is 5.32 Å². The van der Waals surface area contributed by atoms with Crippen molar-refractivity contribution in [2.24, 2.45) is 5.92 Å². The summed E-state index contributed by atoms with van der Waals surface area (Å²) < 4.78 is 22.4. The first-order chi connectivity index (χ1) is 11.3. The first-order valence-electron chi connectivity index (χ1n) is 8.26. The highest BCUT2D eigenvalue weighted by molar-refractivity contribution is 7.93. The van der Waals surface area contributed by atoms with Crippen LogP contribution in [0.15, 0.2) is 41.8 Å². The zero-order chi connectivity index (χ0) is 17.7. The summed E-state index contributed by atoms with van der Waals surface area (Å²) in [4.78, 5) is 14.5. The Kier molecular flexibility index (Phi) is 6.04. The van der Waals surface area contributed by atoms with E-state index in [0.29, 0.717) is 12.5 Å². The Morgan fingerprint density at radius 1 is 1.33 bits per heavy atom. The third kappa shape index (κ3) is 5.37. The Balaban J connectivity index is 2.09. The highest BCUT2D eigenvalue weighted by Crippen LogP contribution is 2.33. The molecule has 0 saturated carbocycles. The van der Waals surface area contributed by atoms with Gasteiger partial charge in [0.15, 0.2) is 9.84 Å². The minimum Gasteiger partial charge on any atom is -0.332 e. The molecule has 5 nitrogen and oxygen atoms in total. The number of urea groups is 1. The van der Waals surface area contributed by atoms with Gasteiger partial charge in [0.25, 0.3) is 0 Å². The molecule has 24 heavy (non-hydrogen) atoms. The third-order valence-electron chi connectivity index (χ3n) is 4.28. The summed E-state index contributed by atoms with van der Waals surface area (Å²) in [6.45, 7) is 4.68. The molecule has 6 heteroatoms. The van der Waals surface area contributed by atoms with E-state index in [9.17, 15) is 13.2 Å². The molecule has 3 atom stereocenters. The topological polar surface area (TPSA) is 66.5 Å². The molecule has 132 valence electrons. The highest BCUT2D eigenvalue weighted by Gasteiger charge is 2.31. The number of carbonyl (C=O) groups is 1. The zero-order valence-electron chi connectivity index (χ0n) is 14.5. The molecule has 1 fully saturated rings. The van der Waals surface area contributed by atoms with Gasteiger partial charge in [-0.3, -0.25) is 0 Å². The Morgan fingerprint density at radius 2 is 2.00 bits per heavy atom. The summed E-state index contributed by atoms with van der Waals surface area (Å²) in [7, 11) is -3.19. The van der Waals surface area contributed by atoms with Crippen molar-refractivity contribution in [2.45, 2.75) is 38.8 Å². The second kappa shape index (κ2) is 7.83. The van der Waals surface area contributed by atoms with Gasteiger partial charge in [0.05, 0.1) is 6.04 Å². The number of piperidine rings is 1. The zero-order valence-corrected chi connectivity index (χ0v) is 15.3. The molecule has 1 saturated heterocycles. The van der Waals surface area contributed by atoms with Crippen LogP contribution >= 0.6 is 0 Å².